The quantitative estimate of drug-likeness (QED) is 0.765. The van der Waals surface area contributed by atoms with E-state index in [1.165, 1.54) is 0 Å². The molecule has 0 radical (unpaired) electrons. The van der Waals surface area contributed by atoms with Gasteiger partial charge in [-0.05, 0) is 23.8 Å². The van der Waals surface area contributed by atoms with E-state index in [0.717, 1.165) is 5.56 Å². The largest absolute Gasteiger partial charge is 0.292 e. The zero-order chi connectivity index (χ0) is 11.5. The molecule has 0 unspecified atom stereocenters. The van der Waals surface area contributed by atoms with Crippen LogP contribution in [0.15, 0.2) is 36.5 Å². The molecule has 82 valence electrons. The summed E-state index contributed by atoms with van der Waals surface area (Å²) in [6.45, 7) is 0. The maximum absolute atomic E-state index is 11.9. The van der Waals surface area contributed by atoms with Crippen LogP contribution in [0, 0.1) is 0 Å². The van der Waals surface area contributed by atoms with Gasteiger partial charge in [0.25, 0.3) is 0 Å². The maximum atomic E-state index is 11.9. The van der Waals surface area contributed by atoms with Crippen molar-refractivity contribution in [2.24, 2.45) is 7.05 Å². The standard InChI is InChI=1S/C12H11ClN2O/c1-15-11(6-7-14-15)12(16)8-9-2-4-10(13)5-3-9/h2-7H,8H2,1H3. The Balaban J connectivity index is 2.14. The molecule has 0 aliphatic heterocycles. The van der Waals surface area contributed by atoms with Crippen LogP contribution in [0.3, 0.4) is 0 Å². The number of Topliss-reactive ketones (excluding diaryl/α,β-unsaturated/α-hetero) is 1. The van der Waals surface area contributed by atoms with Gasteiger partial charge in [-0.3, -0.25) is 9.48 Å². The summed E-state index contributed by atoms with van der Waals surface area (Å²) in [5.74, 6) is 0.0577. The Labute approximate surface area is 98.7 Å². The summed E-state index contributed by atoms with van der Waals surface area (Å²) in [4.78, 5) is 11.9. The van der Waals surface area contributed by atoms with Gasteiger partial charge in [-0.25, -0.2) is 0 Å². The number of benzene rings is 1. The maximum Gasteiger partial charge on any atom is 0.185 e. The lowest BCUT2D eigenvalue weighted by Gasteiger charge is -2.01. The monoisotopic (exact) mass is 234 g/mol. The van der Waals surface area contributed by atoms with Crippen molar-refractivity contribution < 1.29 is 4.79 Å². The van der Waals surface area contributed by atoms with Crippen molar-refractivity contribution in [2.45, 2.75) is 6.42 Å². The van der Waals surface area contributed by atoms with Gasteiger partial charge in [-0.1, -0.05) is 23.7 Å². The van der Waals surface area contributed by atoms with Gasteiger partial charge < -0.3 is 0 Å². The molecule has 16 heavy (non-hydrogen) atoms. The first kappa shape index (κ1) is 10.9. The number of rotatable bonds is 3. The molecule has 0 aliphatic rings. The lowest BCUT2D eigenvalue weighted by Crippen LogP contribution is -2.09. The molecule has 0 aliphatic carbocycles. The molecule has 0 bridgehead atoms. The number of nitrogens with zero attached hydrogens (tertiary/aromatic N) is 2. The Morgan fingerprint density at radius 1 is 1.31 bits per heavy atom. The molecule has 0 saturated heterocycles. The lowest BCUT2D eigenvalue weighted by molar-refractivity contribution is 0.0984. The summed E-state index contributed by atoms with van der Waals surface area (Å²) in [5.41, 5.74) is 1.57. The summed E-state index contributed by atoms with van der Waals surface area (Å²) in [6, 6.07) is 9.01. The van der Waals surface area contributed by atoms with Crippen LogP contribution in [0.25, 0.3) is 0 Å². The summed E-state index contributed by atoms with van der Waals surface area (Å²) in [5, 5.41) is 4.65. The zero-order valence-corrected chi connectivity index (χ0v) is 9.61. The minimum atomic E-state index is 0.0577. The first-order valence-electron chi connectivity index (χ1n) is 4.92. The molecule has 1 heterocycles. The van der Waals surface area contributed by atoms with Crippen LogP contribution in [-0.2, 0) is 13.5 Å². The highest BCUT2D eigenvalue weighted by Crippen LogP contribution is 2.11. The number of ketones is 1. The minimum Gasteiger partial charge on any atom is -0.292 e. The first-order chi connectivity index (χ1) is 7.66. The Bertz CT molecular complexity index is 502. The number of carbonyl (C=O) groups is 1. The molecular weight excluding hydrogens is 224 g/mol. The average Bonchev–Trinajstić information content (AvgIpc) is 2.68. The fourth-order valence-electron chi connectivity index (χ4n) is 1.53. The molecule has 3 nitrogen and oxygen atoms in total. The molecule has 0 amide bonds. The summed E-state index contributed by atoms with van der Waals surface area (Å²) in [7, 11) is 1.76. The molecule has 1 aromatic carbocycles. The second-order valence-corrected chi connectivity index (χ2v) is 4.00. The van der Waals surface area contributed by atoms with Crippen molar-refractivity contribution in [1.82, 2.24) is 9.78 Å². The topological polar surface area (TPSA) is 34.9 Å². The van der Waals surface area contributed by atoms with Gasteiger partial charge in [0, 0.05) is 24.7 Å². The minimum absolute atomic E-state index is 0.0577. The van der Waals surface area contributed by atoms with Gasteiger partial charge >= 0.3 is 0 Å². The molecule has 2 aromatic rings. The van der Waals surface area contributed by atoms with E-state index in [1.807, 2.05) is 12.1 Å². The fourth-order valence-corrected chi connectivity index (χ4v) is 1.65. The van der Waals surface area contributed by atoms with Gasteiger partial charge in [0.05, 0.1) is 0 Å². The van der Waals surface area contributed by atoms with Crippen LogP contribution < -0.4 is 0 Å². The van der Waals surface area contributed by atoms with Crippen LogP contribution in [0.2, 0.25) is 5.02 Å². The van der Waals surface area contributed by atoms with E-state index in [1.54, 1.807) is 36.1 Å². The SMILES string of the molecule is Cn1nccc1C(=O)Cc1ccc(Cl)cc1. The van der Waals surface area contributed by atoms with Crippen molar-refractivity contribution in [3.05, 3.63) is 52.8 Å². The van der Waals surface area contributed by atoms with Crippen LogP contribution in [0.5, 0.6) is 0 Å². The Kier molecular flexibility index (Phi) is 3.06. The van der Waals surface area contributed by atoms with Crippen LogP contribution in [0.1, 0.15) is 16.1 Å². The predicted octanol–water partition coefficient (Wildman–Crippen LogP) is 2.50. The highest BCUT2D eigenvalue weighted by molar-refractivity contribution is 6.30. The molecule has 2 rings (SSSR count). The smallest absolute Gasteiger partial charge is 0.185 e. The fraction of sp³-hybridized carbons (Fsp3) is 0.167. The van der Waals surface area contributed by atoms with Gasteiger partial charge in [0.15, 0.2) is 5.78 Å². The molecule has 4 heteroatoms. The van der Waals surface area contributed by atoms with Crippen molar-refractivity contribution in [3.63, 3.8) is 0 Å². The highest BCUT2D eigenvalue weighted by atomic mass is 35.5. The van der Waals surface area contributed by atoms with E-state index in [-0.39, 0.29) is 5.78 Å². The normalized spacial score (nSPS) is 10.4. The number of carbonyl (C=O) groups excluding carboxylic acids is 1. The van der Waals surface area contributed by atoms with Crippen LogP contribution in [-0.4, -0.2) is 15.6 Å². The van der Waals surface area contributed by atoms with Crippen LogP contribution in [0.4, 0.5) is 0 Å². The van der Waals surface area contributed by atoms with Crippen molar-refractivity contribution in [1.29, 1.82) is 0 Å². The van der Waals surface area contributed by atoms with E-state index < -0.39 is 0 Å². The van der Waals surface area contributed by atoms with Crippen molar-refractivity contribution in [3.8, 4) is 0 Å². The number of hydrogen-bond acceptors (Lipinski definition) is 2. The molecule has 1 aromatic heterocycles. The van der Waals surface area contributed by atoms with Crippen LogP contribution >= 0.6 is 11.6 Å². The van der Waals surface area contributed by atoms with E-state index in [4.69, 9.17) is 11.6 Å². The Morgan fingerprint density at radius 2 is 2.00 bits per heavy atom. The molecule has 0 fully saturated rings. The molecule has 0 saturated carbocycles. The second-order valence-electron chi connectivity index (χ2n) is 3.57. The average molecular weight is 235 g/mol. The Morgan fingerprint density at radius 3 is 2.56 bits per heavy atom. The number of aromatic nitrogens is 2. The molecule has 0 atom stereocenters. The lowest BCUT2D eigenvalue weighted by atomic mass is 10.1. The number of aryl methyl sites for hydroxylation is 1. The van der Waals surface area contributed by atoms with E-state index in [2.05, 4.69) is 5.10 Å². The number of hydrogen-bond donors (Lipinski definition) is 0. The van der Waals surface area contributed by atoms with Gasteiger partial charge in [0.1, 0.15) is 5.69 Å². The van der Waals surface area contributed by atoms with Gasteiger partial charge in [-0.15, -0.1) is 0 Å². The number of halogens is 1. The van der Waals surface area contributed by atoms with Gasteiger partial charge in [-0.2, -0.15) is 5.10 Å². The summed E-state index contributed by atoms with van der Waals surface area (Å²) >= 11 is 5.77. The molecule has 0 spiro atoms. The predicted molar refractivity (Wildman–Crippen MR) is 62.7 cm³/mol. The van der Waals surface area contributed by atoms with E-state index >= 15 is 0 Å². The second kappa shape index (κ2) is 4.49. The van der Waals surface area contributed by atoms with Gasteiger partial charge in [0.2, 0.25) is 0 Å². The van der Waals surface area contributed by atoms with E-state index in [0.29, 0.717) is 17.1 Å². The van der Waals surface area contributed by atoms with Crippen molar-refractivity contribution >= 4 is 17.4 Å². The molecular formula is C12H11ClN2O. The Hall–Kier alpha value is -1.61. The summed E-state index contributed by atoms with van der Waals surface area (Å²) < 4.78 is 1.58. The zero-order valence-electron chi connectivity index (χ0n) is 8.85. The first-order valence-corrected chi connectivity index (χ1v) is 5.30. The van der Waals surface area contributed by atoms with E-state index in [9.17, 15) is 4.79 Å². The van der Waals surface area contributed by atoms with Crippen molar-refractivity contribution in [2.75, 3.05) is 0 Å². The third-order valence-electron chi connectivity index (χ3n) is 2.38. The summed E-state index contributed by atoms with van der Waals surface area (Å²) in [6.07, 6.45) is 1.99. The third kappa shape index (κ3) is 2.31. The molecule has 0 N–H and O–H groups in total. The highest BCUT2D eigenvalue weighted by Gasteiger charge is 2.10. The third-order valence-corrected chi connectivity index (χ3v) is 2.64.